The highest BCUT2D eigenvalue weighted by Gasteiger charge is 2.37. The number of nitrogens with zero attached hydrogens (tertiary/aromatic N) is 4. The van der Waals surface area contributed by atoms with Crippen LogP contribution in [0.3, 0.4) is 0 Å². The second-order valence-electron chi connectivity index (χ2n) is 10.7. The number of piperidine rings is 2. The van der Waals surface area contributed by atoms with Gasteiger partial charge in [-0.25, -0.2) is 9.97 Å². The van der Waals surface area contributed by atoms with E-state index in [1.807, 2.05) is 18.4 Å². The number of thiophene rings is 1. The van der Waals surface area contributed by atoms with Crippen molar-refractivity contribution in [3.63, 3.8) is 0 Å². The Morgan fingerprint density at radius 2 is 1.95 bits per heavy atom. The Balaban J connectivity index is 1.16. The van der Waals surface area contributed by atoms with Crippen molar-refractivity contribution in [2.45, 2.75) is 26.2 Å². The predicted octanol–water partition coefficient (Wildman–Crippen LogP) is 5.65. The number of esters is 1. The number of anilines is 3. The third kappa shape index (κ3) is 6.19. The van der Waals surface area contributed by atoms with Gasteiger partial charge in [0, 0.05) is 37.8 Å². The van der Waals surface area contributed by atoms with Crippen LogP contribution in [0, 0.1) is 17.8 Å². The number of hydrogen-bond donors (Lipinski definition) is 2. The number of aromatic nitrogens is 2. The minimum Gasteiger partial charge on any atom is -0.466 e. The fraction of sp³-hybridized carbons (Fsp3) is 0.500. The Bertz CT molecular complexity index is 1410. The molecule has 3 aliphatic heterocycles. The molecule has 0 spiro atoms. The molecule has 3 aromatic rings. The summed E-state index contributed by atoms with van der Waals surface area (Å²) in [6.07, 6.45) is 4.08. The lowest BCUT2D eigenvalue weighted by Crippen LogP contribution is -2.37. The van der Waals surface area contributed by atoms with Crippen molar-refractivity contribution in [1.82, 2.24) is 15.3 Å². The van der Waals surface area contributed by atoms with E-state index in [1.165, 1.54) is 17.8 Å². The molecule has 41 heavy (non-hydrogen) atoms. The van der Waals surface area contributed by atoms with Gasteiger partial charge in [0.25, 0.3) is 5.91 Å². The van der Waals surface area contributed by atoms with Crippen molar-refractivity contribution in [3.8, 4) is 10.6 Å². The molecule has 9 nitrogen and oxygen atoms in total. The largest absolute Gasteiger partial charge is 0.466 e. The van der Waals surface area contributed by atoms with Gasteiger partial charge in [0.2, 0.25) is 0 Å². The molecule has 0 saturated carbocycles. The van der Waals surface area contributed by atoms with E-state index in [4.69, 9.17) is 32.9 Å². The van der Waals surface area contributed by atoms with Crippen molar-refractivity contribution >= 4 is 73.7 Å². The first-order valence-electron chi connectivity index (χ1n) is 14.0. The summed E-state index contributed by atoms with van der Waals surface area (Å²) in [5.74, 6) is 1.33. The van der Waals surface area contributed by atoms with Crippen molar-refractivity contribution in [1.29, 1.82) is 0 Å². The van der Waals surface area contributed by atoms with E-state index >= 15 is 0 Å². The highest BCUT2D eigenvalue weighted by Crippen LogP contribution is 2.45. The van der Waals surface area contributed by atoms with E-state index in [1.54, 1.807) is 23.6 Å². The van der Waals surface area contributed by atoms with E-state index in [2.05, 4.69) is 25.4 Å². The van der Waals surface area contributed by atoms with Crippen molar-refractivity contribution in [3.05, 3.63) is 39.3 Å². The fourth-order valence-electron chi connectivity index (χ4n) is 5.96. The standard InChI is InChI=1S/C28H32Cl2N6O3S2/c1-2-39-27(38)16-4-7-35(8-5-16)24-21(30)9-18(12-32-24)25(37)34-28-33-23(22-10-20(29)15-40-22)26(41-28)36-13-17-3-6-31-11-19(17)14-36/h9-10,12,15-17,19,31H,2-8,11,13-14H2,1H3,(H,33,34,37). The molecule has 0 aromatic carbocycles. The first-order chi connectivity index (χ1) is 19.9. The van der Waals surface area contributed by atoms with Gasteiger partial charge < -0.3 is 19.9 Å². The molecule has 6 heterocycles. The first kappa shape index (κ1) is 28.7. The van der Waals surface area contributed by atoms with Crippen LogP contribution in [0.15, 0.2) is 23.7 Å². The molecule has 2 unspecified atom stereocenters. The zero-order valence-corrected chi connectivity index (χ0v) is 25.8. The van der Waals surface area contributed by atoms with Crippen molar-refractivity contribution in [2.75, 3.05) is 61.0 Å². The molecule has 2 atom stereocenters. The molecule has 1 amide bonds. The number of pyridine rings is 1. The SMILES string of the molecule is CCOC(=O)C1CCN(c2ncc(C(=O)Nc3nc(-c4cc(Cl)cs4)c(N4CC5CCNCC5C4)s3)cc2Cl)CC1. The number of ether oxygens (including phenoxy) is 1. The van der Waals surface area contributed by atoms with Crippen LogP contribution in [0.1, 0.15) is 36.5 Å². The van der Waals surface area contributed by atoms with Crippen LogP contribution < -0.4 is 20.4 Å². The Kier molecular flexibility index (Phi) is 8.69. The summed E-state index contributed by atoms with van der Waals surface area (Å²) in [4.78, 5) is 40.2. The van der Waals surface area contributed by atoms with Crippen LogP contribution in [0.4, 0.5) is 16.0 Å². The number of thiazole rings is 1. The highest BCUT2D eigenvalue weighted by molar-refractivity contribution is 7.21. The molecule has 0 aliphatic carbocycles. The second kappa shape index (κ2) is 12.4. The van der Waals surface area contributed by atoms with E-state index < -0.39 is 0 Å². The molecule has 3 aromatic heterocycles. The van der Waals surface area contributed by atoms with Crippen molar-refractivity contribution in [2.24, 2.45) is 17.8 Å². The van der Waals surface area contributed by atoms with E-state index in [0.717, 1.165) is 41.8 Å². The molecule has 218 valence electrons. The number of carbonyl (C=O) groups is 2. The van der Waals surface area contributed by atoms with E-state index in [-0.39, 0.29) is 17.8 Å². The summed E-state index contributed by atoms with van der Waals surface area (Å²) in [5, 5.41) is 11.1. The average molecular weight is 636 g/mol. The van der Waals surface area contributed by atoms with Crippen LogP contribution in [-0.2, 0) is 9.53 Å². The lowest BCUT2D eigenvalue weighted by atomic mass is 9.90. The third-order valence-corrected chi connectivity index (χ3v) is 10.7. The van der Waals surface area contributed by atoms with Gasteiger partial charge in [-0.3, -0.25) is 14.9 Å². The third-order valence-electron chi connectivity index (χ3n) is 8.09. The summed E-state index contributed by atoms with van der Waals surface area (Å²) in [5.41, 5.74) is 1.21. The Morgan fingerprint density at radius 3 is 2.66 bits per heavy atom. The lowest BCUT2D eigenvalue weighted by Gasteiger charge is -2.32. The Labute approximate surface area is 257 Å². The molecular formula is C28H32Cl2N6O3S2. The molecule has 3 fully saturated rings. The molecular weight excluding hydrogens is 603 g/mol. The van der Waals surface area contributed by atoms with Gasteiger partial charge in [0.15, 0.2) is 5.13 Å². The van der Waals surface area contributed by atoms with Gasteiger partial charge in [-0.15, -0.1) is 11.3 Å². The number of nitrogens with one attached hydrogen (secondary N) is 2. The zero-order valence-electron chi connectivity index (χ0n) is 22.7. The summed E-state index contributed by atoms with van der Waals surface area (Å²) in [6, 6.07) is 3.57. The summed E-state index contributed by atoms with van der Waals surface area (Å²) < 4.78 is 5.16. The smallest absolute Gasteiger partial charge is 0.309 e. The molecule has 3 aliphatic rings. The van der Waals surface area contributed by atoms with E-state index in [0.29, 0.717) is 70.9 Å². The zero-order chi connectivity index (χ0) is 28.5. The number of fused-ring (bicyclic) bond motifs is 1. The summed E-state index contributed by atoms with van der Waals surface area (Å²) >= 11 is 15.9. The van der Waals surface area contributed by atoms with Crippen LogP contribution >= 0.6 is 45.9 Å². The van der Waals surface area contributed by atoms with Gasteiger partial charge in [-0.05, 0) is 63.2 Å². The van der Waals surface area contributed by atoms with Gasteiger partial charge in [-0.1, -0.05) is 34.5 Å². The molecule has 0 radical (unpaired) electrons. The van der Waals surface area contributed by atoms with E-state index in [9.17, 15) is 9.59 Å². The Hall–Kier alpha value is -2.44. The Morgan fingerprint density at radius 1 is 1.15 bits per heavy atom. The maximum absolute atomic E-state index is 13.3. The van der Waals surface area contributed by atoms with Gasteiger partial charge in [-0.2, -0.15) is 0 Å². The number of halogens is 2. The number of hydrogen-bond acceptors (Lipinski definition) is 10. The molecule has 13 heteroatoms. The summed E-state index contributed by atoms with van der Waals surface area (Å²) in [7, 11) is 0. The lowest BCUT2D eigenvalue weighted by molar-refractivity contribution is -0.148. The molecule has 6 rings (SSSR count). The normalized spacial score (nSPS) is 21.1. The molecule has 2 N–H and O–H groups in total. The second-order valence-corrected chi connectivity index (χ2v) is 13.4. The monoisotopic (exact) mass is 634 g/mol. The number of carbonyl (C=O) groups excluding carboxylic acids is 2. The number of rotatable bonds is 7. The minimum atomic E-state index is -0.317. The van der Waals surface area contributed by atoms with Crippen LogP contribution in [0.25, 0.3) is 10.6 Å². The first-order valence-corrected chi connectivity index (χ1v) is 16.4. The quantitative estimate of drug-likeness (QED) is 0.322. The van der Waals surface area contributed by atoms with Crippen molar-refractivity contribution < 1.29 is 14.3 Å². The van der Waals surface area contributed by atoms with Gasteiger partial charge in [0.05, 0.1) is 33.0 Å². The minimum absolute atomic E-state index is 0.102. The maximum Gasteiger partial charge on any atom is 0.309 e. The number of amides is 1. The topological polar surface area (TPSA) is 99.7 Å². The van der Waals surface area contributed by atoms with Crippen LogP contribution in [0.2, 0.25) is 10.0 Å². The summed E-state index contributed by atoms with van der Waals surface area (Å²) in [6.45, 7) is 7.56. The van der Waals surface area contributed by atoms with Gasteiger partial charge in [0.1, 0.15) is 16.5 Å². The average Bonchev–Trinajstić information content (AvgIpc) is 3.71. The molecule has 0 bridgehead atoms. The highest BCUT2D eigenvalue weighted by atomic mass is 35.5. The predicted molar refractivity (Wildman–Crippen MR) is 166 cm³/mol. The maximum atomic E-state index is 13.3. The van der Waals surface area contributed by atoms with Gasteiger partial charge >= 0.3 is 5.97 Å². The molecule has 3 saturated heterocycles. The van der Waals surface area contributed by atoms with Crippen LogP contribution in [-0.4, -0.2) is 67.7 Å². The van der Waals surface area contributed by atoms with Crippen LogP contribution in [0.5, 0.6) is 0 Å². The fourth-order valence-corrected chi connectivity index (χ4v) is 8.37.